The number of para-hydroxylation sites is 1. The Morgan fingerprint density at radius 3 is 2.45 bits per heavy atom. The SMILES string of the molecule is O=C(C1CC(=O)N(c2ccccc2Br)C1)N1CCN(S(=O)(=O)c2cccs2)CC1. The number of hydrogen-bond acceptors (Lipinski definition) is 5. The molecule has 154 valence electrons. The number of thiophene rings is 1. The van der Waals surface area contributed by atoms with Gasteiger partial charge in [0.05, 0.1) is 11.6 Å². The molecule has 10 heteroatoms. The summed E-state index contributed by atoms with van der Waals surface area (Å²) < 4.78 is 27.8. The number of amides is 2. The minimum atomic E-state index is -3.50. The van der Waals surface area contributed by atoms with Gasteiger partial charge in [0.2, 0.25) is 11.8 Å². The Labute approximate surface area is 182 Å². The summed E-state index contributed by atoms with van der Waals surface area (Å²) in [4.78, 5) is 28.8. The van der Waals surface area contributed by atoms with Crippen LogP contribution in [0.4, 0.5) is 5.69 Å². The molecule has 1 atom stereocenters. The maximum atomic E-state index is 13.0. The van der Waals surface area contributed by atoms with Crippen LogP contribution in [0.1, 0.15) is 6.42 Å². The Balaban J connectivity index is 1.39. The molecular weight excluding hydrogens is 478 g/mol. The second-order valence-electron chi connectivity index (χ2n) is 7.02. The first kappa shape index (κ1) is 20.5. The molecule has 4 rings (SSSR count). The van der Waals surface area contributed by atoms with Crippen LogP contribution in [0.2, 0.25) is 0 Å². The molecule has 0 bridgehead atoms. The standard InChI is InChI=1S/C19H20BrN3O4S2/c20-15-4-1-2-5-16(15)23-13-14(12-17(23)24)19(25)21-7-9-22(10-8-21)29(26,27)18-6-3-11-28-18/h1-6,11,14H,7-10,12-13H2. The van der Waals surface area contributed by atoms with Crippen molar-refractivity contribution in [1.29, 1.82) is 0 Å². The van der Waals surface area contributed by atoms with Crippen LogP contribution in [-0.4, -0.2) is 62.2 Å². The van der Waals surface area contributed by atoms with E-state index in [1.807, 2.05) is 24.3 Å². The molecule has 2 aliphatic heterocycles. The van der Waals surface area contributed by atoms with Crippen LogP contribution < -0.4 is 4.90 Å². The highest BCUT2D eigenvalue weighted by atomic mass is 79.9. The van der Waals surface area contributed by atoms with Gasteiger partial charge in [-0.2, -0.15) is 4.31 Å². The molecule has 0 spiro atoms. The van der Waals surface area contributed by atoms with Crippen LogP contribution >= 0.6 is 27.3 Å². The van der Waals surface area contributed by atoms with E-state index in [0.717, 1.165) is 10.2 Å². The number of nitrogens with zero attached hydrogens (tertiary/aromatic N) is 3. The zero-order valence-corrected chi connectivity index (χ0v) is 18.7. The molecule has 2 fully saturated rings. The Hall–Kier alpha value is -1.75. The van der Waals surface area contributed by atoms with Gasteiger partial charge in [-0.25, -0.2) is 8.42 Å². The molecule has 0 N–H and O–H groups in total. The summed E-state index contributed by atoms with van der Waals surface area (Å²) in [6.45, 7) is 1.54. The summed E-state index contributed by atoms with van der Waals surface area (Å²) in [5.41, 5.74) is 0.764. The molecule has 0 radical (unpaired) electrons. The zero-order chi connectivity index (χ0) is 20.6. The van der Waals surface area contributed by atoms with Crippen LogP contribution in [0.25, 0.3) is 0 Å². The maximum absolute atomic E-state index is 13.0. The third-order valence-electron chi connectivity index (χ3n) is 5.26. The fraction of sp³-hybridized carbons (Fsp3) is 0.368. The Morgan fingerprint density at radius 1 is 1.07 bits per heavy atom. The largest absolute Gasteiger partial charge is 0.340 e. The lowest BCUT2D eigenvalue weighted by Gasteiger charge is -2.34. The molecule has 2 aromatic rings. The number of benzene rings is 1. The first-order chi connectivity index (χ1) is 13.9. The van der Waals surface area contributed by atoms with E-state index in [1.54, 1.807) is 27.3 Å². The number of piperazine rings is 1. The highest BCUT2D eigenvalue weighted by molar-refractivity contribution is 9.10. The molecule has 1 unspecified atom stereocenters. The summed E-state index contributed by atoms with van der Waals surface area (Å²) in [6.07, 6.45) is 0.174. The molecular formula is C19H20BrN3O4S2. The number of rotatable bonds is 4. The van der Waals surface area contributed by atoms with Gasteiger partial charge in [0.15, 0.2) is 0 Å². The lowest BCUT2D eigenvalue weighted by molar-refractivity contribution is -0.136. The van der Waals surface area contributed by atoms with Crippen molar-refractivity contribution in [1.82, 2.24) is 9.21 Å². The molecule has 1 aromatic carbocycles. The van der Waals surface area contributed by atoms with Gasteiger partial charge in [0.1, 0.15) is 4.21 Å². The van der Waals surface area contributed by atoms with E-state index in [0.29, 0.717) is 23.8 Å². The average Bonchev–Trinajstić information content (AvgIpc) is 3.38. The summed E-state index contributed by atoms with van der Waals surface area (Å²) in [5.74, 6) is -0.565. The molecule has 1 aromatic heterocycles. The van der Waals surface area contributed by atoms with E-state index in [-0.39, 0.29) is 31.3 Å². The zero-order valence-electron chi connectivity index (χ0n) is 15.5. The van der Waals surface area contributed by atoms with Crippen LogP contribution in [0.15, 0.2) is 50.5 Å². The Kier molecular flexibility index (Phi) is 5.78. The fourth-order valence-corrected chi connectivity index (χ4v) is 6.79. The summed E-state index contributed by atoms with van der Waals surface area (Å²) in [6, 6.07) is 10.8. The summed E-state index contributed by atoms with van der Waals surface area (Å²) in [5, 5.41) is 1.74. The minimum absolute atomic E-state index is 0.0749. The third kappa shape index (κ3) is 3.98. The van der Waals surface area contributed by atoms with Gasteiger partial charge in [0, 0.05) is 43.6 Å². The maximum Gasteiger partial charge on any atom is 0.252 e. The predicted octanol–water partition coefficient (Wildman–Crippen LogP) is 2.40. The highest BCUT2D eigenvalue weighted by Gasteiger charge is 2.39. The lowest BCUT2D eigenvalue weighted by atomic mass is 10.1. The topological polar surface area (TPSA) is 78.0 Å². The van der Waals surface area contributed by atoms with E-state index >= 15 is 0 Å². The van der Waals surface area contributed by atoms with E-state index in [2.05, 4.69) is 15.9 Å². The van der Waals surface area contributed by atoms with Crippen molar-refractivity contribution in [3.63, 3.8) is 0 Å². The van der Waals surface area contributed by atoms with Crippen LogP contribution in [-0.2, 0) is 19.6 Å². The van der Waals surface area contributed by atoms with Gasteiger partial charge in [-0.05, 0) is 39.5 Å². The van der Waals surface area contributed by atoms with Gasteiger partial charge in [-0.1, -0.05) is 18.2 Å². The van der Waals surface area contributed by atoms with E-state index in [1.165, 1.54) is 15.6 Å². The number of hydrogen-bond donors (Lipinski definition) is 0. The first-order valence-corrected chi connectivity index (χ1v) is 12.4. The molecule has 7 nitrogen and oxygen atoms in total. The number of carbonyl (C=O) groups is 2. The van der Waals surface area contributed by atoms with Crippen LogP contribution in [0.5, 0.6) is 0 Å². The van der Waals surface area contributed by atoms with Gasteiger partial charge >= 0.3 is 0 Å². The van der Waals surface area contributed by atoms with E-state index in [9.17, 15) is 18.0 Å². The smallest absolute Gasteiger partial charge is 0.252 e. The minimum Gasteiger partial charge on any atom is -0.340 e. The molecule has 2 saturated heterocycles. The van der Waals surface area contributed by atoms with Gasteiger partial charge in [-0.3, -0.25) is 9.59 Å². The summed E-state index contributed by atoms with van der Waals surface area (Å²) >= 11 is 4.65. The fourth-order valence-electron chi connectivity index (χ4n) is 3.72. The lowest BCUT2D eigenvalue weighted by Crippen LogP contribution is -2.52. The van der Waals surface area contributed by atoms with Crippen molar-refractivity contribution >= 4 is 54.8 Å². The van der Waals surface area contributed by atoms with Crippen molar-refractivity contribution in [3.05, 3.63) is 46.3 Å². The quantitative estimate of drug-likeness (QED) is 0.649. The predicted molar refractivity (Wildman–Crippen MR) is 114 cm³/mol. The van der Waals surface area contributed by atoms with Crippen molar-refractivity contribution in [3.8, 4) is 0 Å². The Morgan fingerprint density at radius 2 is 1.79 bits per heavy atom. The van der Waals surface area contributed by atoms with Crippen molar-refractivity contribution < 1.29 is 18.0 Å². The first-order valence-electron chi connectivity index (χ1n) is 9.25. The second-order valence-corrected chi connectivity index (χ2v) is 11.0. The van der Waals surface area contributed by atoms with Crippen LogP contribution in [0.3, 0.4) is 0 Å². The number of anilines is 1. The molecule has 0 saturated carbocycles. The van der Waals surface area contributed by atoms with Crippen molar-refractivity contribution in [2.75, 3.05) is 37.6 Å². The third-order valence-corrected chi connectivity index (χ3v) is 9.20. The Bertz CT molecular complexity index is 1020. The molecule has 3 heterocycles. The highest BCUT2D eigenvalue weighted by Crippen LogP contribution is 2.32. The number of carbonyl (C=O) groups excluding carboxylic acids is 2. The monoisotopic (exact) mass is 497 g/mol. The van der Waals surface area contributed by atoms with E-state index in [4.69, 9.17) is 0 Å². The van der Waals surface area contributed by atoms with Gasteiger partial charge in [-0.15, -0.1) is 11.3 Å². The molecule has 29 heavy (non-hydrogen) atoms. The molecule has 0 aliphatic carbocycles. The van der Waals surface area contributed by atoms with Gasteiger partial charge < -0.3 is 9.80 Å². The average molecular weight is 498 g/mol. The number of sulfonamides is 1. The number of halogens is 1. The normalized spacial score (nSPS) is 21.0. The molecule has 2 amide bonds. The van der Waals surface area contributed by atoms with Crippen LogP contribution in [0, 0.1) is 5.92 Å². The second kappa shape index (κ2) is 8.17. The van der Waals surface area contributed by atoms with Crippen molar-refractivity contribution in [2.24, 2.45) is 5.92 Å². The summed E-state index contributed by atoms with van der Waals surface area (Å²) in [7, 11) is -3.50. The van der Waals surface area contributed by atoms with Crippen molar-refractivity contribution in [2.45, 2.75) is 10.6 Å². The van der Waals surface area contributed by atoms with E-state index < -0.39 is 15.9 Å². The van der Waals surface area contributed by atoms with Gasteiger partial charge in [0.25, 0.3) is 10.0 Å². The molecule has 2 aliphatic rings.